The minimum absolute atomic E-state index is 0.0480. The second kappa shape index (κ2) is 6.06. The standard InChI is InChI=1S/C15H17BrN2O/c1-3-18-10-13(16)8-14(18)15(19)17-9-12-6-4-11(2)5-7-12/h4-8,10H,3,9H2,1-2H3,(H,17,19). The highest BCUT2D eigenvalue weighted by molar-refractivity contribution is 9.10. The van der Waals surface area contributed by atoms with E-state index in [-0.39, 0.29) is 5.91 Å². The summed E-state index contributed by atoms with van der Waals surface area (Å²) in [4.78, 5) is 12.1. The summed E-state index contributed by atoms with van der Waals surface area (Å²) in [6, 6.07) is 10.0. The van der Waals surface area contributed by atoms with Crippen molar-refractivity contribution in [3.05, 3.63) is 57.8 Å². The van der Waals surface area contributed by atoms with Crippen LogP contribution >= 0.6 is 15.9 Å². The monoisotopic (exact) mass is 320 g/mol. The summed E-state index contributed by atoms with van der Waals surface area (Å²) < 4.78 is 2.85. The van der Waals surface area contributed by atoms with Crippen molar-refractivity contribution in [1.29, 1.82) is 0 Å². The molecule has 0 fully saturated rings. The molecular weight excluding hydrogens is 304 g/mol. The van der Waals surface area contributed by atoms with E-state index in [1.165, 1.54) is 5.56 Å². The number of carbonyl (C=O) groups is 1. The van der Waals surface area contributed by atoms with E-state index in [1.807, 2.05) is 54.9 Å². The Hall–Kier alpha value is -1.55. The summed E-state index contributed by atoms with van der Waals surface area (Å²) in [5.41, 5.74) is 3.01. The first kappa shape index (κ1) is 13.9. The molecule has 0 saturated carbocycles. The van der Waals surface area contributed by atoms with Gasteiger partial charge in [-0.1, -0.05) is 29.8 Å². The minimum Gasteiger partial charge on any atom is -0.347 e. The van der Waals surface area contributed by atoms with Crippen molar-refractivity contribution in [3.63, 3.8) is 0 Å². The van der Waals surface area contributed by atoms with Gasteiger partial charge in [0.1, 0.15) is 5.69 Å². The predicted octanol–water partition coefficient (Wildman–Crippen LogP) is 3.51. The predicted molar refractivity (Wildman–Crippen MR) is 80.2 cm³/mol. The molecule has 0 spiro atoms. The van der Waals surface area contributed by atoms with Gasteiger partial charge in [-0.3, -0.25) is 4.79 Å². The number of benzene rings is 1. The molecule has 0 unspecified atom stereocenters. The van der Waals surface area contributed by atoms with Crippen LogP contribution in [-0.4, -0.2) is 10.5 Å². The van der Waals surface area contributed by atoms with Crippen LogP contribution in [0.4, 0.5) is 0 Å². The van der Waals surface area contributed by atoms with Gasteiger partial charge < -0.3 is 9.88 Å². The van der Waals surface area contributed by atoms with Gasteiger partial charge in [0.15, 0.2) is 0 Å². The number of halogens is 1. The van der Waals surface area contributed by atoms with Crippen molar-refractivity contribution in [2.24, 2.45) is 0 Å². The first-order chi connectivity index (χ1) is 9.10. The fraction of sp³-hybridized carbons (Fsp3) is 0.267. The number of aromatic nitrogens is 1. The Morgan fingerprint density at radius 3 is 2.63 bits per heavy atom. The molecule has 1 aromatic heterocycles. The van der Waals surface area contributed by atoms with Gasteiger partial charge >= 0.3 is 0 Å². The fourth-order valence-electron chi connectivity index (χ4n) is 1.91. The molecule has 0 aliphatic rings. The van der Waals surface area contributed by atoms with Crippen molar-refractivity contribution in [3.8, 4) is 0 Å². The molecule has 1 aromatic carbocycles. The Bertz CT molecular complexity index is 572. The van der Waals surface area contributed by atoms with Crippen LogP contribution in [0, 0.1) is 6.92 Å². The quantitative estimate of drug-likeness (QED) is 0.919. The molecule has 0 bridgehead atoms. The number of hydrogen-bond acceptors (Lipinski definition) is 1. The SMILES string of the molecule is CCn1cc(Br)cc1C(=O)NCc1ccc(C)cc1. The molecule has 100 valence electrons. The molecule has 0 saturated heterocycles. The highest BCUT2D eigenvalue weighted by atomic mass is 79.9. The van der Waals surface area contributed by atoms with Crippen LogP contribution in [0.1, 0.15) is 28.5 Å². The van der Waals surface area contributed by atoms with Gasteiger partial charge in [-0.05, 0) is 41.4 Å². The maximum atomic E-state index is 12.1. The summed E-state index contributed by atoms with van der Waals surface area (Å²) in [5.74, 6) is -0.0480. The summed E-state index contributed by atoms with van der Waals surface area (Å²) in [6.45, 7) is 5.39. The van der Waals surface area contributed by atoms with Crippen molar-refractivity contribution in [2.45, 2.75) is 26.9 Å². The van der Waals surface area contributed by atoms with E-state index >= 15 is 0 Å². The van der Waals surface area contributed by atoms with E-state index in [0.717, 1.165) is 16.6 Å². The smallest absolute Gasteiger partial charge is 0.268 e. The number of nitrogens with zero attached hydrogens (tertiary/aromatic N) is 1. The van der Waals surface area contributed by atoms with Gasteiger partial charge in [0.2, 0.25) is 0 Å². The molecule has 0 aliphatic carbocycles. The van der Waals surface area contributed by atoms with Gasteiger partial charge in [-0.15, -0.1) is 0 Å². The zero-order valence-electron chi connectivity index (χ0n) is 11.1. The number of amides is 1. The molecule has 0 atom stereocenters. The Morgan fingerprint density at radius 2 is 2.00 bits per heavy atom. The number of hydrogen-bond donors (Lipinski definition) is 1. The molecular formula is C15H17BrN2O. The highest BCUT2D eigenvalue weighted by Crippen LogP contribution is 2.15. The average molecular weight is 321 g/mol. The molecule has 2 rings (SSSR count). The zero-order valence-corrected chi connectivity index (χ0v) is 12.7. The first-order valence-electron chi connectivity index (χ1n) is 6.29. The van der Waals surface area contributed by atoms with Crippen molar-refractivity contribution >= 4 is 21.8 Å². The Kier molecular flexibility index (Phi) is 4.43. The number of nitrogens with one attached hydrogen (secondary N) is 1. The molecule has 2 aromatic rings. The Morgan fingerprint density at radius 1 is 1.32 bits per heavy atom. The van der Waals surface area contributed by atoms with Crippen molar-refractivity contribution in [1.82, 2.24) is 9.88 Å². The molecule has 4 heteroatoms. The Labute approximate surface area is 121 Å². The van der Waals surface area contributed by atoms with E-state index in [9.17, 15) is 4.79 Å². The number of carbonyl (C=O) groups excluding carboxylic acids is 1. The normalized spacial score (nSPS) is 10.5. The fourth-order valence-corrected chi connectivity index (χ4v) is 2.37. The highest BCUT2D eigenvalue weighted by Gasteiger charge is 2.11. The zero-order chi connectivity index (χ0) is 13.8. The van der Waals surface area contributed by atoms with Gasteiger partial charge in [-0.25, -0.2) is 0 Å². The second-order valence-corrected chi connectivity index (χ2v) is 5.41. The molecule has 19 heavy (non-hydrogen) atoms. The summed E-state index contributed by atoms with van der Waals surface area (Å²) >= 11 is 3.40. The Balaban J connectivity index is 2.03. The van der Waals surface area contributed by atoms with E-state index in [0.29, 0.717) is 12.2 Å². The lowest BCUT2D eigenvalue weighted by Crippen LogP contribution is -2.25. The van der Waals surface area contributed by atoms with E-state index in [2.05, 4.69) is 21.2 Å². The maximum absolute atomic E-state index is 12.1. The molecule has 1 N–H and O–H groups in total. The largest absolute Gasteiger partial charge is 0.347 e. The third-order valence-corrected chi connectivity index (χ3v) is 3.44. The summed E-state index contributed by atoms with van der Waals surface area (Å²) in [6.07, 6.45) is 1.92. The lowest BCUT2D eigenvalue weighted by atomic mass is 10.1. The van der Waals surface area contributed by atoms with Crippen LogP contribution in [0.2, 0.25) is 0 Å². The van der Waals surface area contributed by atoms with E-state index < -0.39 is 0 Å². The number of aryl methyl sites for hydroxylation is 2. The topological polar surface area (TPSA) is 34.0 Å². The van der Waals surface area contributed by atoms with Gasteiger partial charge in [0.05, 0.1) is 0 Å². The van der Waals surface area contributed by atoms with E-state index in [1.54, 1.807) is 0 Å². The van der Waals surface area contributed by atoms with Crippen LogP contribution in [-0.2, 0) is 13.1 Å². The van der Waals surface area contributed by atoms with Crippen LogP contribution in [0.5, 0.6) is 0 Å². The molecule has 1 heterocycles. The minimum atomic E-state index is -0.0480. The van der Waals surface area contributed by atoms with E-state index in [4.69, 9.17) is 0 Å². The molecule has 1 amide bonds. The van der Waals surface area contributed by atoms with Crippen molar-refractivity contribution in [2.75, 3.05) is 0 Å². The maximum Gasteiger partial charge on any atom is 0.268 e. The van der Waals surface area contributed by atoms with Gasteiger partial charge in [0.25, 0.3) is 5.91 Å². The van der Waals surface area contributed by atoms with Crippen LogP contribution in [0.15, 0.2) is 41.0 Å². The first-order valence-corrected chi connectivity index (χ1v) is 7.09. The average Bonchev–Trinajstić information content (AvgIpc) is 2.79. The van der Waals surface area contributed by atoms with Gasteiger partial charge in [-0.2, -0.15) is 0 Å². The third-order valence-electron chi connectivity index (χ3n) is 3.01. The molecule has 0 aliphatic heterocycles. The summed E-state index contributed by atoms with van der Waals surface area (Å²) in [5, 5.41) is 2.94. The van der Waals surface area contributed by atoms with Crippen LogP contribution in [0.3, 0.4) is 0 Å². The summed E-state index contributed by atoms with van der Waals surface area (Å²) in [7, 11) is 0. The van der Waals surface area contributed by atoms with Crippen molar-refractivity contribution < 1.29 is 4.79 Å². The molecule has 0 radical (unpaired) electrons. The van der Waals surface area contributed by atoms with Gasteiger partial charge in [0, 0.05) is 23.8 Å². The molecule has 3 nitrogen and oxygen atoms in total. The lowest BCUT2D eigenvalue weighted by molar-refractivity contribution is 0.0941. The lowest BCUT2D eigenvalue weighted by Gasteiger charge is -2.08. The van der Waals surface area contributed by atoms with Crippen LogP contribution < -0.4 is 5.32 Å². The third kappa shape index (κ3) is 3.47. The van der Waals surface area contributed by atoms with Crippen LogP contribution in [0.25, 0.3) is 0 Å². The number of rotatable bonds is 4. The second-order valence-electron chi connectivity index (χ2n) is 4.50.